The van der Waals surface area contributed by atoms with Crippen LogP contribution in [0.1, 0.15) is 187 Å². The summed E-state index contributed by atoms with van der Waals surface area (Å²) >= 11 is 0. The third kappa shape index (κ3) is 18.2. The fraction of sp³-hybridized carbons (Fsp3) is 0.750. The van der Waals surface area contributed by atoms with E-state index in [1.807, 2.05) is 0 Å². The van der Waals surface area contributed by atoms with Crippen LogP contribution in [0.3, 0.4) is 0 Å². The molecule has 0 unspecified atom stereocenters. The van der Waals surface area contributed by atoms with E-state index in [-0.39, 0.29) is 23.3 Å². The molecule has 240 valence electrons. The van der Waals surface area contributed by atoms with Gasteiger partial charge in [-0.25, -0.2) is 14.4 Å². The van der Waals surface area contributed by atoms with Crippen molar-refractivity contribution in [3.05, 3.63) is 34.9 Å². The lowest BCUT2D eigenvalue weighted by atomic mass is 10.0. The second-order valence-corrected chi connectivity index (χ2v) is 11.5. The Balaban J connectivity index is 2.65. The highest BCUT2D eigenvalue weighted by Gasteiger charge is 2.22. The topological polar surface area (TPSA) is 78.9 Å². The zero-order valence-electron chi connectivity index (χ0n) is 27.2. The van der Waals surface area contributed by atoms with Gasteiger partial charge in [0, 0.05) is 0 Å². The Kier molecular flexibility index (Phi) is 23.6. The van der Waals surface area contributed by atoms with Gasteiger partial charge in [0.25, 0.3) is 0 Å². The first-order valence-corrected chi connectivity index (χ1v) is 17.2. The number of hydrogen-bond acceptors (Lipinski definition) is 6. The number of ether oxygens (including phenoxy) is 3. The summed E-state index contributed by atoms with van der Waals surface area (Å²) in [6, 6.07) is 4.44. The molecule has 0 aliphatic heterocycles. The Labute approximate surface area is 256 Å². The molecule has 6 nitrogen and oxygen atoms in total. The maximum Gasteiger partial charge on any atom is 0.339 e. The monoisotopic (exact) mass is 588 g/mol. The van der Waals surface area contributed by atoms with E-state index in [0.29, 0.717) is 13.2 Å². The van der Waals surface area contributed by atoms with Crippen molar-refractivity contribution >= 4 is 17.9 Å². The van der Waals surface area contributed by atoms with Gasteiger partial charge in [0.15, 0.2) is 0 Å². The molecule has 1 aromatic rings. The maximum atomic E-state index is 13.1. The van der Waals surface area contributed by atoms with E-state index in [1.54, 1.807) is 0 Å². The number of carbonyl (C=O) groups is 3. The fourth-order valence-corrected chi connectivity index (χ4v) is 4.93. The SMILES string of the molecule is CCCCCCCCCCCOC(=O)c1cc(C(=O)OCCCCCCCCC)ccc1C(=O)OCCCCCCC. The molecule has 0 amide bonds. The number of benzene rings is 1. The molecule has 42 heavy (non-hydrogen) atoms. The molecule has 0 aliphatic carbocycles. The van der Waals surface area contributed by atoms with Crippen molar-refractivity contribution in [1.29, 1.82) is 0 Å². The normalized spacial score (nSPS) is 10.9. The van der Waals surface area contributed by atoms with Crippen LogP contribution >= 0.6 is 0 Å². The smallest absolute Gasteiger partial charge is 0.339 e. The molecular formula is C36H60O6. The van der Waals surface area contributed by atoms with Gasteiger partial charge >= 0.3 is 17.9 Å². The molecule has 0 fully saturated rings. The summed E-state index contributed by atoms with van der Waals surface area (Å²) in [4.78, 5) is 38.7. The number of hydrogen-bond donors (Lipinski definition) is 0. The van der Waals surface area contributed by atoms with Crippen molar-refractivity contribution in [2.24, 2.45) is 0 Å². The molecule has 6 heteroatoms. The number of rotatable bonds is 27. The van der Waals surface area contributed by atoms with Crippen LogP contribution < -0.4 is 0 Å². The molecule has 0 aromatic heterocycles. The summed E-state index contributed by atoms with van der Waals surface area (Å²) < 4.78 is 16.5. The van der Waals surface area contributed by atoms with Gasteiger partial charge in [0.05, 0.1) is 36.5 Å². The first-order valence-electron chi connectivity index (χ1n) is 17.2. The van der Waals surface area contributed by atoms with Crippen molar-refractivity contribution in [2.75, 3.05) is 19.8 Å². The Bertz CT molecular complexity index is 849. The Morgan fingerprint density at radius 1 is 0.429 bits per heavy atom. The summed E-state index contributed by atoms with van der Waals surface area (Å²) in [7, 11) is 0. The Morgan fingerprint density at radius 3 is 1.17 bits per heavy atom. The van der Waals surface area contributed by atoms with E-state index < -0.39 is 17.9 Å². The van der Waals surface area contributed by atoms with Gasteiger partial charge in [-0.15, -0.1) is 0 Å². The lowest BCUT2D eigenvalue weighted by Gasteiger charge is -2.12. The van der Waals surface area contributed by atoms with E-state index in [9.17, 15) is 14.4 Å². The van der Waals surface area contributed by atoms with Crippen LogP contribution in [0.25, 0.3) is 0 Å². The molecule has 0 bridgehead atoms. The third-order valence-corrected chi connectivity index (χ3v) is 7.64. The van der Waals surface area contributed by atoms with Gasteiger partial charge in [0.2, 0.25) is 0 Å². The van der Waals surface area contributed by atoms with Crippen LogP contribution in [0.15, 0.2) is 18.2 Å². The zero-order chi connectivity index (χ0) is 30.7. The minimum absolute atomic E-state index is 0.0623. The van der Waals surface area contributed by atoms with Crippen LogP contribution in [0, 0.1) is 0 Å². The van der Waals surface area contributed by atoms with Crippen molar-refractivity contribution in [3.63, 3.8) is 0 Å². The van der Waals surface area contributed by atoms with Crippen LogP contribution in [0.4, 0.5) is 0 Å². The predicted molar refractivity (Wildman–Crippen MR) is 171 cm³/mol. The zero-order valence-corrected chi connectivity index (χ0v) is 27.2. The summed E-state index contributed by atoms with van der Waals surface area (Å²) in [5.41, 5.74) is 0.431. The quantitative estimate of drug-likeness (QED) is 0.0578. The summed E-state index contributed by atoms with van der Waals surface area (Å²) in [6.07, 6.45) is 23.7. The second-order valence-electron chi connectivity index (χ2n) is 11.5. The molecule has 0 radical (unpaired) electrons. The van der Waals surface area contributed by atoms with Crippen molar-refractivity contribution in [3.8, 4) is 0 Å². The molecule has 0 atom stereocenters. The Morgan fingerprint density at radius 2 is 0.762 bits per heavy atom. The fourth-order valence-electron chi connectivity index (χ4n) is 4.93. The van der Waals surface area contributed by atoms with E-state index in [0.717, 1.165) is 64.2 Å². The highest BCUT2D eigenvalue weighted by atomic mass is 16.5. The average molecular weight is 589 g/mol. The van der Waals surface area contributed by atoms with Crippen molar-refractivity contribution in [1.82, 2.24) is 0 Å². The molecule has 1 aromatic carbocycles. The lowest BCUT2D eigenvalue weighted by molar-refractivity contribution is 0.0448. The average Bonchev–Trinajstić information content (AvgIpc) is 3.00. The first-order chi connectivity index (χ1) is 20.5. The van der Waals surface area contributed by atoms with Gasteiger partial charge in [0.1, 0.15) is 0 Å². The summed E-state index contributed by atoms with van der Waals surface area (Å²) in [6.45, 7) is 7.51. The van der Waals surface area contributed by atoms with Gasteiger partial charge in [-0.05, 0) is 37.5 Å². The van der Waals surface area contributed by atoms with Gasteiger partial charge in [-0.2, -0.15) is 0 Å². The molecule has 0 N–H and O–H groups in total. The Hall–Kier alpha value is -2.37. The van der Waals surface area contributed by atoms with Gasteiger partial charge < -0.3 is 14.2 Å². The number of carbonyl (C=O) groups excluding carboxylic acids is 3. The summed E-state index contributed by atoms with van der Waals surface area (Å²) in [5, 5.41) is 0. The highest BCUT2D eigenvalue weighted by molar-refractivity contribution is 6.05. The van der Waals surface area contributed by atoms with Crippen LogP contribution in [-0.2, 0) is 14.2 Å². The molecular weight excluding hydrogens is 528 g/mol. The standard InChI is InChI=1S/C36H60O6/c1-4-7-10-13-15-16-18-21-24-29-42-36(39)33-30-31(34(37)40-27-23-20-17-14-11-8-5-2)25-26-32(33)35(38)41-28-22-19-12-9-6-3/h25-26,30H,4-24,27-29H2,1-3H3. The molecule has 0 aliphatic rings. The first kappa shape index (κ1) is 37.7. The lowest BCUT2D eigenvalue weighted by Crippen LogP contribution is -2.17. The number of esters is 3. The molecule has 1 rings (SSSR count). The highest BCUT2D eigenvalue weighted by Crippen LogP contribution is 2.18. The van der Waals surface area contributed by atoms with Crippen LogP contribution in [0.5, 0.6) is 0 Å². The molecule has 0 saturated carbocycles. The van der Waals surface area contributed by atoms with Crippen molar-refractivity contribution in [2.45, 2.75) is 156 Å². The van der Waals surface area contributed by atoms with E-state index in [1.165, 1.54) is 88.8 Å². The van der Waals surface area contributed by atoms with Gasteiger partial charge in [-0.3, -0.25) is 0 Å². The number of unbranched alkanes of at least 4 members (excludes halogenated alkanes) is 18. The third-order valence-electron chi connectivity index (χ3n) is 7.64. The minimum atomic E-state index is -0.605. The largest absolute Gasteiger partial charge is 0.462 e. The molecule has 0 saturated heterocycles. The van der Waals surface area contributed by atoms with Crippen LogP contribution in [0.2, 0.25) is 0 Å². The van der Waals surface area contributed by atoms with Crippen LogP contribution in [-0.4, -0.2) is 37.7 Å². The van der Waals surface area contributed by atoms with Gasteiger partial charge in [-0.1, -0.05) is 136 Å². The van der Waals surface area contributed by atoms with E-state index in [2.05, 4.69) is 20.8 Å². The minimum Gasteiger partial charge on any atom is -0.462 e. The van der Waals surface area contributed by atoms with E-state index in [4.69, 9.17) is 14.2 Å². The predicted octanol–water partition coefficient (Wildman–Crippen LogP) is 10.4. The molecule has 0 heterocycles. The summed E-state index contributed by atoms with van der Waals surface area (Å²) in [5.74, 6) is -1.67. The maximum absolute atomic E-state index is 13.1. The van der Waals surface area contributed by atoms with Crippen molar-refractivity contribution < 1.29 is 28.6 Å². The van der Waals surface area contributed by atoms with E-state index >= 15 is 0 Å². The molecule has 0 spiro atoms. The second kappa shape index (κ2) is 26.3.